The van der Waals surface area contributed by atoms with Gasteiger partial charge in [-0.05, 0) is 131 Å². The molecule has 0 saturated heterocycles. The molecule has 5 aliphatic carbocycles. The number of nitrogens with zero attached hydrogens (tertiary/aromatic N) is 1. The van der Waals surface area contributed by atoms with E-state index in [4.69, 9.17) is 4.74 Å². The van der Waals surface area contributed by atoms with E-state index < -0.39 is 28.9 Å². The van der Waals surface area contributed by atoms with Gasteiger partial charge in [0.1, 0.15) is 6.10 Å². The third kappa shape index (κ3) is 7.59. The summed E-state index contributed by atoms with van der Waals surface area (Å²) >= 11 is 0. The number of aliphatic carboxylic acids is 1. The Bertz CT molecular complexity index is 1510. The van der Waals surface area contributed by atoms with Gasteiger partial charge in [0.2, 0.25) is 5.91 Å². The molecule has 8 unspecified atom stereocenters. The minimum Gasteiger partial charge on any atom is -0.481 e. The number of hydrogen-bond acceptors (Lipinski definition) is 7. The van der Waals surface area contributed by atoms with Gasteiger partial charge in [0.15, 0.2) is 5.78 Å². The standard InChI is InChI=1S/C45H74N2O7/c1-13-43(11)32(42(10)19-18-34(41(8,9)26-42)54-36(51)23-40(6,7)39(52)53)17-16-30-38-37(27(2)3)31(48)22-45(38,21-20-44(30,43)12)33(49)24-47(28(4)5)25-35(50)46-29-14-15-29/h27-30,32-34,49H,13-26H2,1-12H3,(H,46,50)(H,52,53). The number of hydrogen-bond donors (Lipinski definition) is 3. The minimum atomic E-state index is -1.18. The van der Waals surface area contributed by atoms with Crippen LogP contribution in [0.3, 0.4) is 0 Å². The minimum absolute atomic E-state index is 0.000901. The monoisotopic (exact) mass is 755 g/mol. The fraction of sp³-hybridized carbons (Fsp3) is 0.867. The Morgan fingerprint density at radius 1 is 0.963 bits per heavy atom. The summed E-state index contributed by atoms with van der Waals surface area (Å²) in [6.45, 7) is 26.4. The van der Waals surface area contributed by atoms with Crippen LogP contribution in [0.25, 0.3) is 0 Å². The number of fused-ring (bicyclic) bond motifs is 3. The highest BCUT2D eigenvalue weighted by Crippen LogP contribution is 2.73. The van der Waals surface area contributed by atoms with Crippen molar-refractivity contribution in [3.8, 4) is 0 Å². The lowest BCUT2D eigenvalue weighted by Crippen LogP contribution is -2.62. The van der Waals surface area contributed by atoms with Gasteiger partial charge in [-0.1, -0.05) is 61.0 Å². The fourth-order valence-electron chi connectivity index (χ4n) is 12.5. The molecule has 4 saturated carbocycles. The van der Waals surface area contributed by atoms with E-state index in [1.165, 1.54) is 5.57 Å². The number of aliphatic hydroxyl groups is 1. The van der Waals surface area contributed by atoms with Crippen molar-refractivity contribution >= 4 is 23.6 Å². The summed E-state index contributed by atoms with van der Waals surface area (Å²) < 4.78 is 6.08. The van der Waals surface area contributed by atoms with Crippen LogP contribution in [-0.2, 0) is 23.9 Å². The Kier molecular flexibility index (Phi) is 11.8. The van der Waals surface area contributed by atoms with Gasteiger partial charge < -0.3 is 20.3 Å². The summed E-state index contributed by atoms with van der Waals surface area (Å²) in [6, 6.07) is 0.358. The molecule has 0 aliphatic heterocycles. The van der Waals surface area contributed by atoms with Crippen LogP contribution in [-0.4, -0.2) is 76.1 Å². The lowest BCUT2D eigenvalue weighted by molar-refractivity contribution is -0.187. The highest BCUT2D eigenvalue weighted by atomic mass is 16.5. The third-order valence-corrected chi connectivity index (χ3v) is 16.0. The van der Waals surface area contributed by atoms with E-state index in [-0.39, 0.29) is 76.3 Å². The zero-order valence-electron chi connectivity index (χ0n) is 35.8. The average molecular weight is 755 g/mol. The molecular formula is C45H74N2O7. The van der Waals surface area contributed by atoms with Gasteiger partial charge in [0.25, 0.3) is 0 Å². The first-order valence-corrected chi connectivity index (χ1v) is 21.3. The number of aliphatic hydroxyl groups excluding tert-OH is 1. The zero-order chi connectivity index (χ0) is 40.4. The molecule has 306 valence electrons. The van der Waals surface area contributed by atoms with Gasteiger partial charge in [0.05, 0.1) is 24.5 Å². The largest absolute Gasteiger partial charge is 0.481 e. The number of Topliss-reactive ketones (excluding diaryl/α,β-unsaturated/α-hetero) is 1. The van der Waals surface area contributed by atoms with Crippen molar-refractivity contribution < 1.29 is 34.1 Å². The van der Waals surface area contributed by atoms with Crippen LogP contribution < -0.4 is 5.32 Å². The van der Waals surface area contributed by atoms with Crippen LogP contribution in [0.5, 0.6) is 0 Å². The van der Waals surface area contributed by atoms with Gasteiger partial charge in [-0.2, -0.15) is 0 Å². The highest BCUT2D eigenvalue weighted by molar-refractivity contribution is 6.00. The van der Waals surface area contributed by atoms with Crippen LogP contribution in [0.1, 0.15) is 160 Å². The summed E-state index contributed by atoms with van der Waals surface area (Å²) in [7, 11) is 0. The van der Waals surface area contributed by atoms with Crippen molar-refractivity contribution in [2.45, 2.75) is 184 Å². The Morgan fingerprint density at radius 2 is 1.61 bits per heavy atom. The zero-order valence-corrected chi connectivity index (χ0v) is 35.8. The molecule has 8 atom stereocenters. The number of allylic oxidation sites excluding steroid dienone is 1. The molecule has 0 aromatic rings. The number of amides is 1. The molecule has 5 aliphatic rings. The lowest BCUT2D eigenvalue weighted by Gasteiger charge is -2.68. The van der Waals surface area contributed by atoms with Crippen LogP contribution in [0.15, 0.2) is 11.1 Å². The van der Waals surface area contributed by atoms with Crippen molar-refractivity contribution in [3.05, 3.63) is 11.1 Å². The van der Waals surface area contributed by atoms with E-state index in [2.05, 4.69) is 79.5 Å². The topological polar surface area (TPSA) is 133 Å². The van der Waals surface area contributed by atoms with Crippen LogP contribution in [0.2, 0.25) is 0 Å². The molecule has 54 heavy (non-hydrogen) atoms. The molecule has 0 bridgehead atoms. The molecule has 0 aromatic carbocycles. The summed E-state index contributed by atoms with van der Waals surface area (Å²) in [5.74, 6) is -0.577. The van der Waals surface area contributed by atoms with Gasteiger partial charge in [0, 0.05) is 35.9 Å². The first-order chi connectivity index (χ1) is 24.9. The summed E-state index contributed by atoms with van der Waals surface area (Å²) in [4.78, 5) is 53.9. The molecule has 0 radical (unpaired) electrons. The number of rotatable bonds is 14. The van der Waals surface area contributed by atoms with E-state index in [1.54, 1.807) is 13.8 Å². The van der Waals surface area contributed by atoms with Crippen molar-refractivity contribution in [2.75, 3.05) is 13.1 Å². The molecule has 0 aromatic heterocycles. The Morgan fingerprint density at radius 3 is 2.15 bits per heavy atom. The van der Waals surface area contributed by atoms with Gasteiger partial charge >= 0.3 is 11.9 Å². The van der Waals surface area contributed by atoms with Crippen LogP contribution >= 0.6 is 0 Å². The molecule has 9 heteroatoms. The summed E-state index contributed by atoms with van der Waals surface area (Å²) in [5.41, 5.74) is -0.0256. The molecule has 0 spiro atoms. The van der Waals surface area contributed by atoms with Gasteiger partial charge in [-0.25, -0.2) is 0 Å². The Labute approximate surface area is 326 Å². The SMILES string of the molecule is CCC1(C)C(C2(C)CCC(OC(=O)CC(C)(C)C(=O)O)C(C)(C)C2)CCC2C3=C(C(C)C)C(=O)CC3(C(O)CN(CC(=O)NC3CC3)C(C)C)CCC21C. The number of carboxylic acids is 1. The summed E-state index contributed by atoms with van der Waals surface area (Å²) in [6.07, 6.45) is 8.53. The van der Waals surface area contributed by atoms with E-state index in [0.717, 1.165) is 69.8 Å². The number of carbonyl (C=O) groups is 4. The van der Waals surface area contributed by atoms with E-state index in [1.807, 2.05) is 0 Å². The predicted molar refractivity (Wildman–Crippen MR) is 211 cm³/mol. The lowest BCUT2D eigenvalue weighted by atomic mass is 9.37. The first kappa shape index (κ1) is 42.9. The molecular weight excluding hydrogens is 681 g/mol. The molecule has 3 N–H and O–H groups in total. The second-order valence-corrected chi connectivity index (χ2v) is 21.2. The third-order valence-electron chi connectivity index (χ3n) is 16.0. The van der Waals surface area contributed by atoms with Gasteiger partial charge in [-0.15, -0.1) is 0 Å². The van der Waals surface area contributed by atoms with Crippen LogP contribution in [0, 0.1) is 50.2 Å². The number of nitrogens with one attached hydrogen (secondary N) is 1. The molecule has 5 rings (SSSR count). The smallest absolute Gasteiger partial charge is 0.309 e. The normalized spacial score (nSPS) is 35.9. The number of carbonyl (C=O) groups excluding carboxylic acids is 3. The summed E-state index contributed by atoms with van der Waals surface area (Å²) in [5, 5.41) is 25.2. The predicted octanol–water partition coefficient (Wildman–Crippen LogP) is 8.12. The number of ether oxygens (including phenoxy) is 1. The second kappa shape index (κ2) is 14.9. The second-order valence-electron chi connectivity index (χ2n) is 21.2. The molecule has 1 amide bonds. The first-order valence-electron chi connectivity index (χ1n) is 21.3. The average Bonchev–Trinajstić information content (AvgIpc) is 3.80. The molecule has 0 heterocycles. The van der Waals surface area contributed by atoms with Crippen molar-refractivity contribution in [1.82, 2.24) is 10.2 Å². The highest BCUT2D eigenvalue weighted by Gasteiger charge is 2.67. The molecule has 4 fully saturated rings. The maximum atomic E-state index is 14.2. The van der Waals surface area contributed by atoms with E-state index in [0.29, 0.717) is 18.9 Å². The number of esters is 1. The fourth-order valence-corrected chi connectivity index (χ4v) is 12.5. The molecule has 9 nitrogen and oxygen atoms in total. The van der Waals surface area contributed by atoms with Crippen molar-refractivity contribution in [3.63, 3.8) is 0 Å². The van der Waals surface area contributed by atoms with Gasteiger partial charge in [-0.3, -0.25) is 24.1 Å². The maximum Gasteiger partial charge on any atom is 0.309 e. The van der Waals surface area contributed by atoms with Crippen molar-refractivity contribution in [2.24, 2.45) is 50.2 Å². The Balaban J connectivity index is 1.42. The van der Waals surface area contributed by atoms with E-state index in [9.17, 15) is 29.4 Å². The number of ketones is 1. The quantitative estimate of drug-likeness (QED) is 0.152. The maximum absolute atomic E-state index is 14.2. The van der Waals surface area contributed by atoms with E-state index >= 15 is 0 Å². The number of carboxylic acid groups (broad SMARTS) is 1. The van der Waals surface area contributed by atoms with Crippen molar-refractivity contribution in [1.29, 1.82) is 0 Å². The van der Waals surface area contributed by atoms with Crippen LogP contribution in [0.4, 0.5) is 0 Å². The Hall–Kier alpha value is -2.26.